The van der Waals surface area contributed by atoms with E-state index in [2.05, 4.69) is 0 Å². The predicted octanol–water partition coefficient (Wildman–Crippen LogP) is 5.66. The highest BCUT2D eigenvalue weighted by Gasteiger charge is 2.16. The molecule has 0 spiro atoms. The summed E-state index contributed by atoms with van der Waals surface area (Å²) in [7, 11) is -3.95. The molecule has 0 aliphatic heterocycles. The fourth-order valence-electron chi connectivity index (χ4n) is 2.29. The standard InChI is InChI=1S/C21H14Cl2O4S/c22-17-6-4-16(5-7-17)21(24)14-3-15-1-10-19(11-2-15)27-28(25,26)20-12-8-18(23)9-13-20/h1-14H/b14-3+. The first-order chi connectivity index (χ1) is 13.3. The van der Waals surface area contributed by atoms with E-state index in [0.29, 0.717) is 15.6 Å². The maximum atomic E-state index is 12.3. The van der Waals surface area contributed by atoms with Gasteiger partial charge >= 0.3 is 10.1 Å². The molecule has 0 atom stereocenters. The number of rotatable bonds is 6. The average Bonchev–Trinajstić information content (AvgIpc) is 2.68. The molecule has 3 aromatic rings. The van der Waals surface area contributed by atoms with Gasteiger partial charge in [-0.15, -0.1) is 0 Å². The molecule has 142 valence electrons. The lowest BCUT2D eigenvalue weighted by Crippen LogP contribution is -2.09. The highest BCUT2D eigenvalue weighted by molar-refractivity contribution is 7.87. The molecule has 0 N–H and O–H groups in total. The van der Waals surface area contributed by atoms with Gasteiger partial charge in [0.2, 0.25) is 0 Å². The van der Waals surface area contributed by atoms with Gasteiger partial charge in [0.25, 0.3) is 0 Å². The van der Waals surface area contributed by atoms with Crippen LogP contribution in [0.5, 0.6) is 5.75 Å². The lowest BCUT2D eigenvalue weighted by atomic mass is 10.1. The smallest absolute Gasteiger partial charge is 0.339 e. The van der Waals surface area contributed by atoms with Gasteiger partial charge in [-0.2, -0.15) is 8.42 Å². The minimum Gasteiger partial charge on any atom is -0.379 e. The summed E-state index contributed by atoms with van der Waals surface area (Å²) < 4.78 is 29.6. The highest BCUT2D eigenvalue weighted by atomic mass is 35.5. The van der Waals surface area contributed by atoms with E-state index in [1.807, 2.05) is 0 Å². The molecule has 0 saturated heterocycles. The lowest BCUT2D eigenvalue weighted by molar-refractivity contribution is 0.104. The summed E-state index contributed by atoms with van der Waals surface area (Å²) in [6, 6.07) is 18.6. The summed E-state index contributed by atoms with van der Waals surface area (Å²) in [4.78, 5) is 12.1. The maximum absolute atomic E-state index is 12.3. The highest BCUT2D eigenvalue weighted by Crippen LogP contribution is 2.21. The Hall–Kier alpha value is -2.60. The van der Waals surface area contributed by atoms with Gasteiger partial charge in [-0.3, -0.25) is 4.79 Å². The minimum atomic E-state index is -3.95. The Balaban J connectivity index is 1.68. The van der Waals surface area contributed by atoms with Gasteiger partial charge < -0.3 is 4.18 Å². The largest absolute Gasteiger partial charge is 0.379 e. The molecule has 0 bridgehead atoms. The molecular weight excluding hydrogens is 419 g/mol. The molecule has 0 aromatic heterocycles. The van der Waals surface area contributed by atoms with Crippen molar-refractivity contribution in [2.75, 3.05) is 0 Å². The lowest BCUT2D eigenvalue weighted by Gasteiger charge is -2.07. The van der Waals surface area contributed by atoms with E-state index in [9.17, 15) is 13.2 Å². The fourth-order valence-corrected chi connectivity index (χ4v) is 3.47. The Morgan fingerprint density at radius 2 is 1.32 bits per heavy atom. The molecule has 3 rings (SSSR count). The molecule has 0 aliphatic rings. The van der Waals surface area contributed by atoms with E-state index in [1.54, 1.807) is 42.5 Å². The van der Waals surface area contributed by atoms with Crippen LogP contribution in [0.1, 0.15) is 15.9 Å². The third-order valence-corrected chi connectivity index (χ3v) is 5.51. The number of carbonyl (C=O) groups excluding carboxylic acids is 1. The van der Waals surface area contributed by atoms with E-state index in [0.717, 1.165) is 5.56 Å². The summed E-state index contributed by atoms with van der Waals surface area (Å²) in [5, 5.41) is 0.993. The third-order valence-electron chi connectivity index (χ3n) is 3.74. The first-order valence-corrected chi connectivity index (χ1v) is 10.3. The quantitative estimate of drug-likeness (QED) is 0.286. The van der Waals surface area contributed by atoms with Crippen LogP contribution in [0, 0.1) is 0 Å². The van der Waals surface area contributed by atoms with Crippen molar-refractivity contribution in [2.45, 2.75) is 4.90 Å². The van der Waals surface area contributed by atoms with E-state index in [4.69, 9.17) is 27.4 Å². The number of carbonyl (C=O) groups is 1. The molecule has 4 nitrogen and oxygen atoms in total. The molecule has 0 radical (unpaired) electrons. The first-order valence-electron chi connectivity index (χ1n) is 8.12. The van der Waals surface area contributed by atoms with Crippen molar-refractivity contribution in [3.8, 4) is 5.75 Å². The zero-order valence-electron chi connectivity index (χ0n) is 14.4. The van der Waals surface area contributed by atoms with Crippen molar-refractivity contribution in [1.29, 1.82) is 0 Å². The van der Waals surface area contributed by atoms with Crippen LogP contribution in [0.25, 0.3) is 6.08 Å². The number of allylic oxidation sites excluding steroid dienone is 1. The second kappa shape index (κ2) is 8.61. The number of ketones is 1. The molecular formula is C21H14Cl2O4S. The Morgan fingerprint density at radius 3 is 1.89 bits per heavy atom. The minimum absolute atomic E-state index is 0.00873. The first kappa shape index (κ1) is 20.1. The molecule has 0 amide bonds. The molecule has 0 unspecified atom stereocenters. The van der Waals surface area contributed by atoms with Gasteiger partial charge in [-0.25, -0.2) is 0 Å². The van der Waals surface area contributed by atoms with Gasteiger partial charge in [0, 0.05) is 15.6 Å². The maximum Gasteiger partial charge on any atom is 0.339 e. The topological polar surface area (TPSA) is 60.4 Å². The van der Waals surface area contributed by atoms with Crippen molar-refractivity contribution in [1.82, 2.24) is 0 Å². The van der Waals surface area contributed by atoms with Crippen LogP contribution in [0.3, 0.4) is 0 Å². The fraction of sp³-hybridized carbons (Fsp3) is 0. The summed E-state index contributed by atoms with van der Waals surface area (Å²) in [6.45, 7) is 0. The zero-order chi connectivity index (χ0) is 20.1. The van der Waals surface area contributed by atoms with Crippen molar-refractivity contribution < 1.29 is 17.4 Å². The monoisotopic (exact) mass is 432 g/mol. The normalized spacial score (nSPS) is 11.5. The van der Waals surface area contributed by atoms with Gasteiger partial charge in [-0.1, -0.05) is 41.4 Å². The summed E-state index contributed by atoms with van der Waals surface area (Å²) in [6.07, 6.45) is 3.07. The molecule has 3 aromatic carbocycles. The van der Waals surface area contributed by atoms with Crippen LogP contribution in [0.2, 0.25) is 10.0 Å². The number of hydrogen-bond acceptors (Lipinski definition) is 4. The van der Waals surface area contributed by atoms with Gasteiger partial charge in [0.1, 0.15) is 10.6 Å². The molecule has 0 aliphatic carbocycles. The zero-order valence-corrected chi connectivity index (χ0v) is 16.7. The van der Waals surface area contributed by atoms with Crippen molar-refractivity contribution >= 4 is 45.2 Å². The number of hydrogen-bond donors (Lipinski definition) is 0. The van der Waals surface area contributed by atoms with E-state index in [1.165, 1.54) is 42.5 Å². The average molecular weight is 433 g/mol. The molecule has 28 heavy (non-hydrogen) atoms. The molecule has 0 saturated carbocycles. The van der Waals surface area contributed by atoms with E-state index < -0.39 is 10.1 Å². The van der Waals surface area contributed by atoms with Gasteiger partial charge in [-0.05, 0) is 72.3 Å². The van der Waals surface area contributed by atoms with Crippen LogP contribution < -0.4 is 4.18 Å². The SMILES string of the molecule is O=C(/C=C/c1ccc(OS(=O)(=O)c2ccc(Cl)cc2)cc1)c1ccc(Cl)cc1. The Bertz CT molecular complexity index is 1100. The van der Waals surface area contributed by atoms with E-state index in [-0.39, 0.29) is 16.4 Å². The Labute approximate surface area is 173 Å². The molecule has 0 fully saturated rings. The van der Waals surface area contributed by atoms with Crippen LogP contribution in [-0.4, -0.2) is 14.2 Å². The van der Waals surface area contributed by atoms with Crippen LogP contribution in [0.15, 0.2) is 83.8 Å². The second-order valence-electron chi connectivity index (χ2n) is 5.76. The Kier molecular flexibility index (Phi) is 6.19. The van der Waals surface area contributed by atoms with Crippen LogP contribution in [0.4, 0.5) is 0 Å². The second-order valence-corrected chi connectivity index (χ2v) is 8.18. The number of benzene rings is 3. The van der Waals surface area contributed by atoms with Crippen molar-refractivity contribution in [3.05, 3.63) is 100 Å². The summed E-state index contributed by atoms with van der Waals surface area (Å²) in [5.41, 5.74) is 1.24. The molecule has 7 heteroatoms. The Morgan fingerprint density at radius 1 is 0.786 bits per heavy atom. The van der Waals surface area contributed by atoms with Crippen LogP contribution >= 0.6 is 23.2 Å². The third kappa shape index (κ3) is 5.23. The summed E-state index contributed by atoms with van der Waals surface area (Å²) in [5.74, 6) is -0.00145. The van der Waals surface area contributed by atoms with E-state index >= 15 is 0 Å². The van der Waals surface area contributed by atoms with Crippen molar-refractivity contribution in [3.63, 3.8) is 0 Å². The van der Waals surface area contributed by atoms with Gasteiger partial charge in [0.05, 0.1) is 0 Å². The van der Waals surface area contributed by atoms with Crippen molar-refractivity contribution in [2.24, 2.45) is 0 Å². The molecule has 0 heterocycles. The van der Waals surface area contributed by atoms with Gasteiger partial charge in [0.15, 0.2) is 5.78 Å². The van der Waals surface area contributed by atoms with Crippen LogP contribution in [-0.2, 0) is 10.1 Å². The number of halogens is 2. The predicted molar refractivity (Wildman–Crippen MR) is 111 cm³/mol. The summed E-state index contributed by atoms with van der Waals surface area (Å²) >= 11 is 11.6.